The minimum absolute atomic E-state index is 0.0240. The number of aldehydes is 1. The second kappa shape index (κ2) is 8.49. The highest BCUT2D eigenvalue weighted by Crippen LogP contribution is 2.47. The summed E-state index contributed by atoms with van der Waals surface area (Å²) in [5, 5.41) is 11.7. The molecule has 0 fully saturated rings. The molecule has 1 aromatic carbocycles. The summed E-state index contributed by atoms with van der Waals surface area (Å²) in [5.41, 5.74) is 1.15. The van der Waals surface area contributed by atoms with Crippen molar-refractivity contribution < 1.29 is 19.2 Å². The van der Waals surface area contributed by atoms with Crippen molar-refractivity contribution >= 4 is 17.9 Å². The van der Waals surface area contributed by atoms with E-state index in [9.17, 15) is 19.7 Å². The first-order valence-electron chi connectivity index (χ1n) is 10.4. The Hall–Kier alpha value is -3.22. The maximum absolute atomic E-state index is 12.4. The van der Waals surface area contributed by atoms with Crippen LogP contribution in [0.25, 0.3) is 11.1 Å². The molecule has 0 saturated carbocycles. The quantitative estimate of drug-likeness (QED) is 0.200. The molecule has 0 unspecified atom stereocenters. The zero-order chi connectivity index (χ0) is 22.8. The van der Waals surface area contributed by atoms with E-state index in [2.05, 4.69) is 6.58 Å². The first kappa shape index (κ1) is 22.5. The molecule has 1 aliphatic heterocycles. The SMILES string of the molecule is C=C[C@@]1(CCC(=O)OC(C)(C)C)CCCn2c(C=O)cc(-c3ccccc3[N+](=O)[O-])c21. The van der Waals surface area contributed by atoms with Crippen LogP contribution in [0.4, 0.5) is 5.69 Å². The van der Waals surface area contributed by atoms with Crippen LogP contribution in [-0.4, -0.2) is 27.3 Å². The number of aromatic nitrogens is 1. The third kappa shape index (κ3) is 4.45. The van der Waals surface area contributed by atoms with Gasteiger partial charge in [0.2, 0.25) is 0 Å². The highest BCUT2D eigenvalue weighted by atomic mass is 16.6. The van der Waals surface area contributed by atoms with Gasteiger partial charge < -0.3 is 9.30 Å². The summed E-state index contributed by atoms with van der Waals surface area (Å²) in [6.45, 7) is 10.1. The molecule has 3 rings (SSSR count). The number of benzene rings is 1. The van der Waals surface area contributed by atoms with Gasteiger partial charge in [-0.1, -0.05) is 18.2 Å². The van der Waals surface area contributed by atoms with Gasteiger partial charge in [0, 0.05) is 35.7 Å². The molecule has 0 saturated heterocycles. The van der Waals surface area contributed by atoms with Crippen LogP contribution >= 0.6 is 0 Å². The Morgan fingerprint density at radius 2 is 2.03 bits per heavy atom. The molecule has 0 aliphatic carbocycles. The Kier molecular flexibility index (Phi) is 6.15. The summed E-state index contributed by atoms with van der Waals surface area (Å²) in [6.07, 6.45) is 4.75. The van der Waals surface area contributed by atoms with Crippen LogP contribution in [0, 0.1) is 10.1 Å². The van der Waals surface area contributed by atoms with Gasteiger partial charge in [0.1, 0.15) is 5.60 Å². The van der Waals surface area contributed by atoms with Crippen molar-refractivity contribution in [3.63, 3.8) is 0 Å². The van der Waals surface area contributed by atoms with E-state index in [1.54, 1.807) is 24.3 Å². The lowest BCUT2D eigenvalue weighted by Gasteiger charge is -2.37. The number of allylic oxidation sites excluding steroid dienone is 1. The molecule has 31 heavy (non-hydrogen) atoms. The largest absolute Gasteiger partial charge is 0.460 e. The molecule has 0 bridgehead atoms. The molecule has 2 aromatic rings. The van der Waals surface area contributed by atoms with E-state index < -0.39 is 15.9 Å². The van der Waals surface area contributed by atoms with Crippen molar-refractivity contribution in [1.29, 1.82) is 0 Å². The van der Waals surface area contributed by atoms with E-state index >= 15 is 0 Å². The molecule has 2 heterocycles. The van der Waals surface area contributed by atoms with E-state index in [-0.39, 0.29) is 18.1 Å². The van der Waals surface area contributed by atoms with Crippen molar-refractivity contribution in [2.45, 2.75) is 64.0 Å². The number of nitro groups is 1. The van der Waals surface area contributed by atoms with Crippen LogP contribution in [0.1, 0.15) is 62.6 Å². The monoisotopic (exact) mass is 424 g/mol. The van der Waals surface area contributed by atoms with Crippen LogP contribution in [0.2, 0.25) is 0 Å². The van der Waals surface area contributed by atoms with Gasteiger partial charge in [-0.15, -0.1) is 6.58 Å². The van der Waals surface area contributed by atoms with Gasteiger partial charge in [0.05, 0.1) is 16.2 Å². The van der Waals surface area contributed by atoms with Gasteiger partial charge in [-0.25, -0.2) is 0 Å². The number of carbonyl (C=O) groups excluding carboxylic acids is 2. The summed E-state index contributed by atoms with van der Waals surface area (Å²) in [5.74, 6) is -0.305. The minimum atomic E-state index is -0.602. The van der Waals surface area contributed by atoms with Crippen molar-refractivity contribution in [1.82, 2.24) is 4.57 Å². The molecule has 0 spiro atoms. The third-order valence-electron chi connectivity index (χ3n) is 5.70. The number of hydrogen-bond acceptors (Lipinski definition) is 5. The Morgan fingerprint density at radius 3 is 2.65 bits per heavy atom. The van der Waals surface area contributed by atoms with Crippen molar-refractivity contribution in [2.75, 3.05) is 0 Å². The highest BCUT2D eigenvalue weighted by molar-refractivity contribution is 5.84. The van der Waals surface area contributed by atoms with Crippen molar-refractivity contribution in [2.24, 2.45) is 0 Å². The molecule has 1 aliphatic rings. The summed E-state index contributed by atoms with van der Waals surface area (Å²) in [7, 11) is 0. The first-order chi connectivity index (χ1) is 14.6. The summed E-state index contributed by atoms with van der Waals surface area (Å²) >= 11 is 0. The maximum Gasteiger partial charge on any atom is 0.306 e. The van der Waals surface area contributed by atoms with Crippen LogP contribution in [-0.2, 0) is 21.5 Å². The molecular weight excluding hydrogens is 396 g/mol. The molecule has 1 aromatic heterocycles. The predicted molar refractivity (Wildman–Crippen MR) is 118 cm³/mol. The standard InChI is InChI=1S/C24H28N2O5/c1-5-24(13-11-21(28)31-23(2,3)4)12-8-14-25-17(16-27)15-19(22(24)25)18-9-6-7-10-20(18)26(29)30/h5-7,9-10,15-16H,1,8,11-14H2,2-4H3/t24-/m0/s1. The zero-order valence-corrected chi connectivity index (χ0v) is 18.2. The Morgan fingerprint density at radius 1 is 1.32 bits per heavy atom. The number of ether oxygens (including phenoxy) is 1. The van der Waals surface area contributed by atoms with Gasteiger partial charge in [-0.3, -0.25) is 19.7 Å². The lowest BCUT2D eigenvalue weighted by atomic mass is 9.72. The number of para-hydroxylation sites is 1. The lowest BCUT2D eigenvalue weighted by Crippen LogP contribution is -2.34. The highest BCUT2D eigenvalue weighted by Gasteiger charge is 2.39. The average Bonchev–Trinajstić information content (AvgIpc) is 3.10. The second-order valence-electron chi connectivity index (χ2n) is 8.93. The first-order valence-corrected chi connectivity index (χ1v) is 10.4. The Labute approximate surface area is 181 Å². The fourth-order valence-corrected chi connectivity index (χ4v) is 4.44. The zero-order valence-electron chi connectivity index (χ0n) is 18.2. The van der Waals surface area contributed by atoms with Crippen LogP contribution in [0.15, 0.2) is 43.0 Å². The molecule has 0 amide bonds. The normalized spacial score (nSPS) is 18.2. The fraction of sp³-hybridized carbons (Fsp3) is 0.417. The van der Waals surface area contributed by atoms with Gasteiger partial charge in [0.25, 0.3) is 5.69 Å². The predicted octanol–water partition coefficient (Wildman–Crippen LogP) is 5.22. The Bertz CT molecular complexity index is 1030. The molecule has 1 atom stereocenters. The number of nitro benzene ring substituents is 1. The van der Waals surface area contributed by atoms with Crippen LogP contribution in [0.3, 0.4) is 0 Å². The minimum Gasteiger partial charge on any atom is -0.460 e. The fourth-order valence-electron chi connectivity index (χ4n) is 4.44. The van der Waals surface area contributed by atoms with E-state index in [1.807, 2.05) is 31.4 Å². The smallest absolute Gasteiger partial charge is 0.306 e. The average molecular weight is 424 g/mol. The topological polar surface area (TPSA) is 91.4 Å². The van der Waals surface area contributed by atoms with Gasteiger partial charge >= 0.3 is 5.97 Å². The van der Waals surface area contributed by atoms with Gasteiger partial charge in [-0.05, 0) is 52.2 Å². The van der Waals surface area contributed by atoms with E-state index in [0.29, 0.717) is 29.8 Å². The summed E-state index contributed by atoms with van der Waals surface area (Å²) in [6, 6.07) is 8.22. The van der Waals surface area contributed by atoms with Crippen molar-refractivity contribution in [3.05, 3.63) is 64.5 Å². The third-order valence-corrected chi connectivity index (χ3v) is 5.70. The second-order valence-corrected chi connectivity index (χ2v) is 8.93. The molecular formula is C24H28N2O5. The van der Waals surface area contributed by atoms with Gasteiger partial charge in [-0.2, -0.15) is 0 Å². The number of rotatable bonds is 7. The lowest BCUT2D eigenvalue weighted by molar-refractivity contribution is -0.384. The van der Waals surface area contributed by atoms with E-state index in [0.717, 1.165) is 24.8 Å². The van der Waals surface area contributed by atoms with Crippen LogP contribution < -0.4 is 0 Å². The number of hydrogen-bond donors (Lipinski definition) is 0. The van der Waals surface area contributed by atoms with Gasteiger partial charge in [0.15, 0.2) is 6.29 Å². The summed E-state index contributed by atoms with van der Waals surface area (Å²) < 4.78 is 7.39. The molecule has 7 nitrogen and oxygen atoms in total. The van der Waals surface area contributed by atoms with E-state index in [4.69, 9.17) is 4.74 Å². The number of nitrogens with zero attached hydrogens (tertiary/aromatic N) is 2. The van der Waals surface area contributed by atoms with Crippen LogP contribution in [0.5, 0.6) is 0 Å². The number of esters is 1. The van der Waals surface area contributed by atoms with Crippen molar-refractivity contribution in [3.8, 4) is 11.1 Å². The maximum atomic E-state index is 12.4. The molecule has 0 N–H and O–H groups in total. The number of fused-ring (bicyclic) bond motifs is 1. The summed E-state index contributed by atoms with van der Waals surface area (Å²) in [4.78, 5) is 35.5. The molecule has 0 radical (unpaired) electrons. The van der Waals surface area contributed by atoms with E-state index in [1.165, 1.54) is 6.07 Å². The molecule has 7 heteroatoms. The molecule has 164 valence electrons. The Balaban J connectivity index is 2.12. The number of carbonyl (C=O) groups is 2.